The molecule has 4 rings (SSSR count). The van der Waals surface area contributed by atoms with Gasteiger partial charge >= 0.3 is 0 Å². The van der Waals surface area contributed by atoms with Gasteiger partial charge in [-0.05, 0) is 80.1 Å². The minimum atomic E-state index is -3.73. The van der Waals surface area contributed by atoms with E-state index in [0.29, 0.717) is 17.0 Å². The Balaban J connectivity index is 1.48. The number of hydrogen-bond donors (Lipinski definition) is 1. The monoisotopic (exact) mass is 466 g/mol. The van der Waals surface area contributed by atoms with Crippen molar-refractivity contribution in [1.29, 1.82) is 0 Å². The topological polar surface area (TPSA) is 84.4 Å². The first-order chi connectivity index (χ1) is 15.8. The van der Waals surface area contributed by atoms with E-state index < -0.39 is 10.0 Å². The summed E-state index contributed by atoms with van der Waals surface area (Å²) in [6, 6.07) is 14.5. The van der Waals surface area contributed by atoms with Crippen LogP contribution in [0.4, 0.5) is 11.5 Å². The van der Waals surface area contributed by atoms with E-state index in [2.05, 4.69) is 26.7 Å². The van der Waals surface area contributed by atoms with Crippen molar-refractivity contribution in [2.24, 2.45) is 5.92 Å². The van der Waals surface area contributed by atoms with E-state index in [1.807, 2.05) is 31.2 Å². The highest BCUT2D eigenvalue weighted by Crippen LogP contribution is 2.28. The standard InChI is InChI=1S/C25H30N4O3S/c1-17-11-13-29(14-12-17)25-10-9-22(26-27-25)20-5-7-21(8-6-20)28-33(30,31)24-16-18(2)23(32-4)15-19(24)3/h5-10,15-17,28H,11-14H2,1-4H3. The van der Waals surface area contributed by atoms with Crippen LogP contribution >= 0.6 is 0 Å². The number of aryl methyl sites for hydroxylation is 2. The smallest absolute Gasteiger partial charge is 0.262 e. The van der Waals surface area contributed by atoms with Crippen LogP contribution in [0.3, 0.4) is 0 Å². The van der Waals surface area contributed by atoms with E-state index in [9.17, 15) is 8.42 Å². The van der Waals surface area contributed by atoms with Crippen molar-refractivity contribution in [1.82, 2.24) is 10.2 Å². The minimum Gasteiger partial charge on any atom is -0.496 e. The average molecular weight is 467 g/mol. The summed E-state index contributed by atoms with van der Waals surface area (Å²) in [5.41, 5.74) is 3.50. The molecule has 0 spiro atoms. The molecule has 0 aliphatic carbocycles. The van der Waals surface area contributed by atoms with Crippen LogP contribution in [0.1, 0.15) is 30.9 Å². The van der Waals surface area contributed by atoms with E-state index in [0.717, 1.165) is 41.6 Å². The molecule has 0 radical (unpaired) electrons. The summed E-state index contributed by atoms with van der Waals surface area (Å²) in [4.78, 5) is 2.51. The zero-order valence-electron chi connectivity index (χ0n) is 19.5. The molecule has 0 bridgehead atoms. The van der Waals surface area contributed by atoms with E-state index in [1.54, 1.807) is 38.3 Å². The number of anilines is 2. The zero-order valence-corrected chi connectivity index (χ0v) is 20.3. The fourth-order valence-corrected chi connectivity index (χ4v) is 5.45. The molecule has 0 amide bonds. The van der Waals surface area contributed by atoms with Gasteiger partial charge in [-0.15, -0.1) is 10.2 Å². The van der Waals surface area contributed by atoms with Gasteiger partial charge in [-0.2, -0.15) is 0 Å². The third-order valence-corrected chi connectivity index (χ3v) is 7.70. The third-order valence-electron chi connectivity index (χ3n) is 6.17. The van der Waals surface area contributed by atoms with Gasteiger partial charge in [0.1, 0.15) is 5.75 Å². The molecule has 1 aliphatic rings. The maximum atomic E-state index is 13.0. The molecule has 1 aliphatic heterocycles. The number of methoxy groups -OCH3 is 1. The van der Waals surface area contributed by atoms with Gasteiger partial charge in [0.2, 0.25) is 0 Å². The van der Waals surface area contributed by atoms with Crippen molar-refractivity contribution in [2.75, 3.05) is 29.8 Å². The quantitative estimate of drug-likeness (QED) is 0.561. The Morgan fingerprint density at radius 1 is 0.970 bits per heavy atom. The van der Waals surface area contributed by atoms with Crippen LogP contribution in [-0.2, 0) is 10.0 Å². The first-order valence-corrected chi connectivity index (χ1v) is 12.6. The second-order valence-electron chi connectivity index (χ2n) is 8.72. The molecule has 2 aromatic carbocycles. The highest BCUT2D eigenvalue weighted by atomic mass is 32.2. The van der Waals surface area contributed by atoms with Gasteiger partial charge in [-0.1, -0.05) is 19.1 Å². The number of aromatic nitrogens is 2. The number of sulfonamides is 1. The summed E-state index contributed by atoms with van der Waals surface area (Å²) in [5.74, 6) is 2.33. The Morgan fingerprint density at radius 3 is 2.27 bits per heavy atom. The molecule has 0 atom stereocenters. The number of hydrogen-bond acceptors (Lipinski definition) is 6. The number of nitrogens with one attached hydrogen (secondary N) is 1. The summed E-state index contributed by atoms with van der Waals surface area (Å²) in [6.45, 7) is 7.89. The number of rotatable bonds is 6. The molecule has 1 N–H and O–H groups in total. The van der Waals surface area contributed by atoms with Gasteiger partial charge in [0.25, 0.3) is 10.0 Å². The molecular formula is C25H30N4O3S. The number of piperidine rings is 1. The molecule has 7 nitrogen and oxygen atoms in total. The molecule has 2 heterocycles. The van der Waals surface area contributed by atoms with Gasteiger partial charge in [-0.3, -0.25) is 4.72 Å². The second kappa shape index (κ2) is 9.39. The molecule has 0 unspecified atom stereocenters. The number of nitrogens with zero attached hydrogens (tertiary/aromatic N) is 3. The summed E-state index contributed by atoms with van der Waals surface area (Å²) in [7, 11) is -2.16. The van der Waals surface area contributed by atoms with Gasteiger partial charge in [0.15, 0.2) is 5.82 Å². The molecule has 0 saturated carbocycles. The molecule has 174 valence electrons. The molecule has 1 aromatic heterocycles. The van der Waals surface area contributed by atoms with Crippen LogP contribution < -0.4 is 14.4 Å². The van der Waals surface area contributed by atoms with Gasteiger partial charge in [-0.25, -0.2) is 8.42 Å². The van der Waals surface area contributed by atoms with E-state index >= 15 is 0 Å². The predicted octanol–water partition coefficient (Wildman–Crippen LogP) is 4.81. The van der Waals surface area contributed by atoms with Crippen LogP contribution in [0.5, 0.6) is 5.75 Å². The van der Waals surface area contributed by atoms with Crippen LogP contribution in [0.15, 0.2) is 53.4 Å². The van der Waals surface area contributed by atoms with Crippen molar-refractivity contribution in [3.8, 4) is 17.0 Å². The molecule has 1 fully saturated rings. The van der Waals surface area contributed by atoms with Crippen molar-refractivity contribution < 1.29 is 13.2 Å². The first kappa shape index (κ1) is 23.0. The average Bonchev–Trinajstić information content (AvgIpc) is 2.81. The Morgan fingerprint density at radius 2 is 1.67 bits per heavy atom. The van der Waals surface area contributed by atoms with E-state index in [1.165, 1.54) is 12.8 Å². The van der Waals surface area contributed by atoms with Crippen LogP contribution in [0.2, 0.25) is 0 Å². The minimum absolute atomic E-state index is 0.235. The van der Waals surface area contributed by atoms with Crippen LogP contribution in [-0.4, -0.2) is 38.8 Å². The summed E-state index contributed by atoms with van der Waals surface area (Å²) in [5, 5.41) is 8.80. The summed E-state index contributed by atoms with van der Waals surface area (Å²) < 4.78 is 33.9. The lowest BCUT2D eigenvalue weighted by Gasteiger charge is -2.30. The Kier molecular flexibility index (Phi) is 6.56. The van der Waals surface area contributed by atoms with Crippen LogP contribution in [0.25, 0.3) is 11.3 Å². The maximum Gasteiger partial charge on any atom is 0.262 e. The lowest BCUT2D eigenvalue weighted by Crippen LogP contribution is -2.33. The third kappa shape index (κ3) is 5.11. The van der Waals surface area contributed by atoms with Crippen molar-refractivity contribution in [3.63, 3.8) is 0 Å². The highest BCUT2D eigenvalue weighted by Gasteiger charge is 2.20. The molecule has 3 aromatic rings. The Labute approximate surface area is 195 Å². The molecule has 33 heavy (non-hydrogen) atoms. The second-order valence-corrected chi connectivity index (χ2v) is 10.4. The maximum absolute atomic E-state index is 13.0. The lowest BCUT2D eigenvalue weighted by molar-refractivity contribution is 0.411. The zero-order chi connectivity index (χ0) is 23.6. The fraction of sp³-hybridized carbons (Fsp3) is 0.360. The first-order valence-electron chi connectivity index (χ1n) is 11.1. The lowest BCUT2D eigenvalue weighted by atomic mass is 9.99. The van der Waals surface area contributed by atoms with Crippen molar-refractivity contribution >= 4 is 21.5 Å². The van der Waals surface area contributed by atoms with Crippen molar-refractivity contribution in [3.05, 3.63) is 59.7 Å². The predicted molar refractivity (Wildman–Crippen MR) is 131 cm³/mol. The SMILES string of the molecule is COc1cc(C)c(S(=O)(=O)Nc2ccc(-c3ccc(N4CCC(C)CC4)nn3)cc2)cc1C. The summed E-state index contributed by atoms with van der Waals surface area (Å²) in [6.07, 6.45) is 2.35. The van der Waals surface area contributed by atoms with Gasteiger partial charge < -0.3 is 9.64 Å². The highest BCUT2D eigenvalue weighted by molar-refractivity contribution is 7.92. The van der Waals surface area contributed by atoms with E-state index in [4.69, 9.17) is 4.74 Å². The van der Waals surface area contributed by atoms with Crippen molar-refractivity contribution in [2.45, 2.75) is 38.5 Å². The van der Waals surface area contributed by atoms with E-state index in [-0.39, 0.29) is 4.90 Å². The number of benzene rings is 2. The Hall–Kier alpha value is -3.13. The summed E-state index contributed by atoms with van der Waals surface area (Å²) >= 11 is 0. The number of ether oxygens (including phenoxy) is 1. The van der Waals surface area contributed by atoms with Gasteiger partial charge in [0.05, 0.1) is 17.7 Å². The molecule has 1 saturated heterocycles. The Bertz CT molecular complexity index is 1220. The van der Waals surface area contributed by atoms with Gasteiger partial charge in [0, 0.05) is 24.3 Å². The molecular weight excluding hydrogens is 436 g/mol. The largest absolute Gasteiger partial charge is 0.496 e. The normalized spacial score (nSPS) is 14.8. The molecule has 8 heteroatoms. The fourth-order valence-electron chi connectivity index (χ4n) is 4.08. The van der Waals surface area contributed by atoms with Crippen LogP contribution in [0, 0.1) is 19.8 Å².